The van der Waals surface area contributed by atoms with Crippen molar-refractivity contribution in [1.29, 1.82) is 0 Å². The minimum Gasteiger partial charge on any atom is -0.623 e. The quantitative estimate of drug-likeness (QED) is 0.202. The molecule has 33 heavy (non-hydrogen) atoms. The number of benzene rings is 2. The zero-order valence-corrected chi connectivity index (χ0v) is 19.7. The third-order valence-corrected chi connectivity index (χ3v) is 4.59. The number of hydroxylamine groups is 1. The lowest BCUT2D eigenvalue weighted by Gasteiger charge is -2.22. The number of esters is 1. The molecule has 2 aromatic rings. The molecule has 0 spiro atoms. The van der Waals surface area contributed by atoms with Crippen LogP contribution >= 0.6 is 0 Å². The van der Waals surface area contributed by atoms with Crippen molar-refractivity contribution in [1.82, 2.24) is 5.32 Å². The fourth-order valence-corrected chi connectivity index (χ4v) is 2.87. The first-order valence-electron chi connectivity index (χ1n) is 10.7. The van der Waals surface area contributed by atoms with Gasteiger partial charge in [-0.3, -0.25) is 0 Å². The Morgan fingerprint density at radius 1 is 1.06 bits per heavy atom. The normalized spacial score (nSPS) is 13.5. The molecule has 178 valence electrons. The van der Waals surface area contributed by atoms with Crippen LogP contribution in [0.5, 0.6) is 5.75 Å². The predicted molar refractivity (Wildman–Crippen MR) is 125 cm³/mol. The van der Waals surface area contributed by atoms with Crippen LogP contribution in [0.15, 0.2) is 54.6 Å². The van der Waals surface area contributed by atoms with Crippen molar-refractivity contribution < 1.29 is 28.5 Å². The molecule has 2 aromatic carbocycles. The van der Waals surface area contributed by atoms with Gasteiger partial charge in [-0.25, -0.2) is 9.59 Å². The molecule has 0 unspecified atom stereocenters. The van der Waals surface area contributed by atoms with Crippen LogP contribution in [0.25, 0.3) is 0 Å². The van der Waals surface area contributed by atoms with E-state index in [2.05, 4.69) is 5.32 Å². The van der Waals surface area contributed by atoms with Crippen LogP contribution in [0, 0.1) is 5.21 Å². The molecule has 8 nitrogen and oxygen atoms in total. The summed E-state index contributed by atoms with van der Waals surface area (Å²) in [5, 5.41) is 15.4. The highest BCUT2D eigenvalue weighted by Gasteiger charge is 2.28. The molecule has 1 amide bonds. The average molecular weight is 457 g/mol. The van der Waals surface area contributed by atoms with E-state index in [1.165, 1.54) is 13.1 Å². The Morgan fingerprint density at radius 2 is 1.70 bits per heavy atom. The van der Waals surface area contributed by atoms with Crippen LogP contribution in [0.3, 0.4) is 0 Å². The number of amides is 1. The van der Waals surface area contributed by atoms with Crippen LogP contribution in [-0.2, 0) is 27.3 Å². The number of nitrogens with zero attached hydrogens (tertiary/aromatic N) is 1. The standard InChI is InChI=1S/C25H32N2O6/c1-18(23(28)33-25(2,3)4)27(30)16-21(15-19-11-13-22(31-5)14-12-19)26-24(29)32-17-20-9-7-6-8-10-20/h6-14,16,18,21H,15,17H2,1-5H3,(H,26,29)/b27-16-/t18-,21-/m0/s1. The topological polar surface area (TPSA) is 99.9 Å². The molecule has 0 fully saturated rings. The second-order valence-electron chi connectivity index (χ2n) is 8.58. The van der Waals surface area contributed by atoms with Gasteiger partial charge in [-0.15, -0.1) is 0 Å². The molecule has 8 heteroatoms. The summed E-state index contributed by atoms with van der Waals surface area (Å²) in [6.07, 6.45) is 0.888. The third kappa shape index (κ3) is 9.22. The van der Waals surface area contributed by atoms with Crippen molar-refractivity contribution in [3.8, 4) is 5.75 Å². The maximum atomic E-state index is 12.7. The van der Waals surface area contributed by atoms with E-state index in [0.29, 0.717) is 16.9 Å². The molecule has 0 bridgehead atoms. The zero-order chi connectivity index (χ0) is 24.4. The molecule has 0 aliphatic carbocycles. The Bertz CT molecular complexity index is 936. The highest BCUT2D eigenvalue weighted by Crippen LogP contribution is 2.13. The summed E-state index contributed by atoms with van der Waals surface area (Å²) < 4.78 is 16.2. The van der Waals surface area contributed by atoms with Gasteiger partial charge in [-0.1, -0.05) is 42.5 Å². The Kier molecular flexibility index (Phi) is 9.27. The molecule has 0 aromatic heterocycles. The lowest BCUT2D eigenvalue weighted by atomic mass is 10.1. The van der Waals surface area contributed by atoms with E-state index in [1.54, 1.807) is 40.0 Å². The zero-order valence-electron chi connectivity index (χ0n) is 19.7. The monoisotopic (exact) mass is 456 g/mol. The number of ether oxygens (including phenoxy) is 3. The van der Waals surface area contributed by atoms with Crippen LogP contribution in [0.1, 0.15) is 38.8 Å². The Balaban J connectivity index is 2.13. The van der Waals surface area contributed by atoms with Gasteiger partial charge in [0.2, 0.25) is 0 Å². The van der Waals surface area contributed by atoms with E-state index in [1.807, 2.05) is 42.5 Å². The molecule has 0 saturated carbocycles. The number of hydrogen-bond donors (Lipinski definition) is 1. The van der Waals surface area contributed by atoms with Crippen molar-refractivity contribution in [3.63, 3.8) is 0 Å². The molecule has 0 aliphatic heterocycles. The summed E-state index contributed by atoms with van der Waals surface area (Å²) in [5.41, 5.74) is 0.986. The fraction of sp³-hybridized carbons (Fsp3) is 0.400. The first-order valence-corrected chi connectivity index (χ1v) is 10.7. The molecule has 0 radical (unpaired) electrons. The summed E-state index contributed by atoms with van der Waals surface area (Å²) in [5.74, 6) is 0.0436. The number of rotatable bonds is 9. The molecular weight excluding hydrogens is 424 g/mol. The summed E-state index contributed by atoms with van der Waals surface area (Å²) in [7, 11) is 1.57. The van der Waals surface area contributed by atoms with Crippen molar-refractivity contribution in [3.05, 3.63) is 70.9 Å². The lowest BCUT2D eigenvalue weighted by molar-refractivity contribution is -0.482. The van der Waals surface area contributed by atoms with Crippen LogP contribution in [0.4, 0.5) is 4.79 Å². The molecule has 2 rings (SSSR count). The second-order valence-corrected chi connectivity index (χ2v) is 8.58. The van der Waals surface area contributed by atoms with Gasteiger partial charge >= 0.3 is 12.1 Å². The summed E-state index contributed by atoms with van der Waals surface area (Å²) in [6.45, 7) is 6.74. The van der Waals surface area contributed by atoms with E-state index >= 15 is 0 Å². The lowest BCUT2D eigenvalue weighted by Crippen LogP contribution is -2.42. The van der Waals surface area contributed by atoms with Gasteiger partial charge in [0, 0.05) is 13.3 Å². The van der Waals surface area contributed by atoms with Crippen LogP contribution < -0.4 is 10.1 Å². The van der Waals surface area contributed by atoms with Crippen molar-refractivity contribution >= 4 is 18.3 Å². The van der Waals surface area contributed by atoms with Gasteiger partial charge in [0.15, 0.2) is 6.21 Å². The number of hydrogen-bond acceptors (Lipinski definition) is 6. The fourth-order valence-electron chi connectivity index (χ4n) is 2.87. The van der Waals surface area contributed by atoms with E-state index in [9.17, 15) is 14.8 Å². The number of alkyl carbamates (subject to hydrolysis) is 1. The summed E-state index contributed by atoms with van der Waals surface area (Å²) in [6, 6.07) is 14.7. The van der Waals surface area contributed by atoms with Crippen LogP contribution in [-0.4, -0.2) is 47.8 Å². The van der Waals surface area contributed by atoms with Crippen molar-refractivity contribution in [2.45, 2.75) is 58.4 Å². The molecule has 0 heterocycles. The number of methoxy groups -OCH3 is 1. The maximum absolute atomic E-state index is 12.7. The molecule has 0 aliphatic rings. The average Bonchev–Trinajstić information content (AvgIpc) is 2.77. The summed E-state index contributed by atoms with van der Waals surface area (Å²) in [4.78, 5) is 24.7. The number of carbonyl (C=O) groups is 2. The van der Waals surface area contributed by atoms with E-state index < -0.39 is 29.7 Å². The SMILES string of the molecule is COc1ccc(C[C@@H](/C=[N+](\[O-])[C@@H](C)C(=O)OC(C)(C)C)NC(=O)OCc2ccccc2)cc1. The first kappa shape index (κ1) is 25.7. The molecule has 2 atom stereocenters. The van der Waals surface area contributed by atoms with Gasteiger partial charge in [0.05, 0.1) is 7.11 Å². The maximum Gasteiger partial charge on any atom is 0.408 e. The second kappa shape index (κ2) is 11.9. The van der Waals surface area contributed by atoms with E-state index in [0.717, 1.165) is 11.1 Å². The van der Waals surface area contributed by atoms with Gasteiger partial charge < -0.3 is 24.7 Å². The third-order valence-electron chi connectivity index (χ3n) is 4.59. The van der Waals surface area contributed by atoms with E-state index in [-0.39, 0.29) is 6.61 Å². The summed E-state index contributed by atoms with van der Waals surface area (Å²) >= 11 is 0. The Labute approximate surface area is 194 Å². The first-order chi connectivity index (χ1) is 15.6. The molecule has 1 N–H and O–H groups in total. The number of nitrogens with one attached hydrogen (secondary N) is 1. The van der Waals surface area contributed by atoms with Gasteiger partial charge in [-0.2, -0.15) is 4.74 Å². The largest absolute Gasteiger partial charge is 0.623 e. The van der Waals surface area contributed by atoms with Crippen LogP contribution in [0.2, 0.25) is 0 Å². The molecule has 0 saturated heterocycles. The highest BCUT2D eigenvalue weighted by molar-refractivity contribution is 5.77. The minimum atomic E-state index is -1.08. The minimum absolute atomic E-state index is 0.0946. The van der Waals surface area contributed by atoms with E-state index in [4.69, 9.17) is 14.2 Å². The Morgan fingerprint density at radius 3 is 2.27 bits per heavy atom. The predicted octanol–water partition coefficient (Wildman–Crippen LogP) is 3.84. The van der Waals surface area contributed by atoms with Gasteiger partial charge in [0.25, 0.3) is 6.04 Å². The molecular formula is C25H32N2O6. The smallest absolute Gasteiger partial charge is 0.408 e. The van der Waals surface area contributed by atoms with Gasteiger partial charge in [0.1, 0.15) is 24.0 Å². The van der Waals surface area contributed by atoms with Crippen molar-refractivity contribution in [2.75, 3.05) is 7.11 Å². The Hall–Kier alpha value is -3.55. The van der Waals surface area contributed by atoms with Crippen molar-refractivity contribution in [2.24, 2.45) is 0 Å². The number of carbonyl (C=O) groups excluding carboxylic acids is 2. The van der Waals surface area contributed by atoms with Gasteiger partial charge in [-0.05, 0) is 44.0 Å². The highest BCUT2D eigenvalue weighted by atomic mass is 16.6.